The number of benzene rings is 2. The number of nitrogens with one attached hydrogen (secondary N) is 2. The fraction of sp³-hybridized carbons (Fsp3) is 0.188. The van der Waals surface area contributed by atoms with Crippen LogP contribution in [0.2, 0.25) is 0 Å². The zero-order valence-electron chi connectivity index (χ0n) is 12.0. The molecule has 110 valence electrons. The van der Waals surface area contributed by atoms with Gasteiger partial charge in [-0.3, -0.25) is 4.79 Å². The Hall–Kier alpha value is -2.69. The third-order valence-corrected chi connectivity index (χ3v) is 3.10. The van der Waals surface area contributed by atoms with E-state index in [1.807, 2.05) is 25.1 Å². The SMILES string of the molecule is CC(=O)Nc1ccc(C)c(NCc2ccc(O)cc2O)c1. The topological polar surface area (TPSA) is 81.6 Å². The molecule has 0 aliphatic heterocycles. The molecule has 0 saturated heterocycles. The molecule has 0 saturated carbocycles. The Bertz CT molecular complexity index is 669. The molecule has 2 aromatic rings. The minimum absolute atomic E-state index is 0.0279. The third-order valence-electron chi connectivity index (χ3n) is 3.10. The summed E-state index contributed by atoms with van der Waals surface area (Å²) in [7, 11) is 0. The quantitative estimate of drug-likeness (QED) is 0.696. The van der Waals surface area contributed by atoms with Crippen molar-refractivity contribution < 1.29 is 15.0 Å². The van der Waals surface area contributed by atoms with Gasteiger partial charge < -0.3 is 20.8 Å². The Morgan fingerprint density at radius 2 is 1.90 bits per heavy atom. The van der Waals surface area contributed by atoms with Gasteiger partial charge in [0, 0.05) is 36.5 Å². The highest BCUT2D eigenvalue weighted by Gasteiger charge is 2.05. The van der Waals surface area contributed by atoms with E-state index in [0.29, 0.717) is 17.8 Å². The van der Waals surface area contributed by atoms with Gasteiger partial charge >= 0.3 is 0 Å². The van der Waals surface area contributed by atoms with Crippen molar-refractivity contribution in [1.29, 1.82) is 0 Å². The first-order valence-electron chi connectivity index (χ1n) is 6.58. The van der Waals surface area contributed by atoms with Gasteiger partial charge in [0.2, 0.25) is 5.91 Å². The molecule has 1 amide bonds. The van der Waals surface area contributed by atoms with Gasteiger partial charge in [-0.15, -0.1) is 0 Å². The van der Waals surface area contributed by atoms with Crippen LogP contribution in [0, 0.1) is 6.92 Å². The number of hydrogen-bond acceptors (Lipinski definition) is 4. The Balaban J connectivity index is 2.13. The number of anilines is 2. The molecule has 0 aliphatic carbocycles. The predicted octanol–water partition coefficient (Wildman–Crippen LogP) is 2.98. The Kier molecular flexibility index (Phi) is 4.33. The van der Waals surface area contributed by atoms with Crippen LogP contribution in [0.1, 0.15) is 18.1 Å². The molecule has 0 unspecified atom stereocenters. The van der Waals surface area contributed by atoms with E-state index in [1.54, 1.807) is 6.07 Å². The number of aromatic hydroxyl groups is 2. The molecule has 0 heterocycles. The fourth-order valence-corrected chi connectivity index (χ4v) is 1.99. The van der Waals surface area contributed by atoms with Gasteiger partial charge in [0.15, 0.2) is 0 Å². The van der Waals surface area contributed by atoms with Crippen molar-refractivity contribution in [2.45, 2.75) is 20.4 Å². The van der Waals surface area contributed by atoms with Crippen LogP contribution in [-0.4, -0.2) is 16.1 Å². The monoisotopic (exact) mass is 286 g/mol. The molecule has 2 aromatic carbocycles. The number of rotatable bonds is 4. The number of carbonyl (C=O) groups excluding carboxylic acids is 1. The summed E-state index contributed by atoms with van der Waals surface area (Å²) >= 11 is 0. The normalized spacial score (nSPS) is 10.2. The number of amides is 1. The van der Waals surface area contributed by atoms with Crippen molar-refractivity contribution >= 4 is 17.3 Å². The summed E-state index contributed by atoms with van der Waals surface area (Å²) in [5.74, 6) is -0.0563. The highest BCUT2D eigenvalue weighted by Crippen LogP contribution is 2.25. The van der Waals surface area contributed by atoms with E-state index in [-0.39, 0.29) is 17.4 Å². The van der Waals surface area contributed by atoms with Gasteiger partial charge in [-0.05, 0) is 36.8 Å². The molecule has 0 atom stereocenters. The maximum absolute atomic E-state index is 11.1. The van der Waals surface area contributed by atoms with Crippen molar-refractivity contribution in [3.8, 4) is 11.5 Å². The van der Waals surface area contributed by atoms with Crippen LogP contribution >= 0.6 is 0 Å². The molecule has 0 radical (unpaired) electrons. The van der Waals surface area contributed by atoms with Crippen LogP contribution in [0.25, 0.3) is 0 Å². The van der Waals surface area contributed by atoms with Crippen LogP contribution in [0.15, 0.2) is 36.4 Å². The second-order valence-electron chi connectivity index (χ2n) is 4.88. The zero-order valence-corrected chi connectivity index (χ0v) is 12.0. The van der Waals surface area contributed by atoms with E-state index in [0.717, 1.165) is 11.3 Å². The first-order chi connectivity index (χ1) is 9.95. The molecule has 5 nitrogen and oxygen atoms in total. The molecule has 21 heavy (non-hydrogen) atoms. The highest BCUT2D eigenvalue weighted by atomic mass is 16.3. The van der Waals surface area contributed by atoms with Crippen LogP contribution in [0.4, 0.5) is 11.4 Å². The molecule has 0 aromatic heterocycles. The predicted molar refractivity (Wildman–Crippen MR) is 82.6 cm³/mol. The lowest BCUT2D eigenvalue weighted by atomic mass is 10.1. The lowest BCUT2D eigenvalue weighted by molar-refractivity contribution is -0.114. The first kappa shape index (κ1) is 14.7. The molecule has 0 aliphatic rings. The van der Waals surface area contributed by atoms with Gasteiger partial charge in [-0.1, -0.05) is 6.07 Å². The van der Waals surface area contributed by atoms with Gasteiger partial charge in [-0.2, -0.15) is 0 Å². The fourth-order valence-electron chi connectivity index (χ4n) is 1.99. The minimum atomic E-state index is -0.124. The molecular weight excluding hydrogens is 268 g/mol. The van der Waals surface area contributed by atoms with Crippen LogP contribution in [0.5, 0.6) is 11.5 Å². The summed E-state index contributed by atoms with van der Waals surface area (Å²) in [6, 6.07) is 10.1. The maximum atomic E-state index is 11.1. The van der Waals surface area contributed by atoms with Gasteiger partial charge in [0.05, 0.1) is 0 Å². The third kappa shape index (κ3) is 3.89. The van der Waals surface area contributed by atoms with Crippen molar-refractivity contribution in [1.82, 2.24) is 0 Å². The number of phenolic OH excluding ortho intramolecular Hbond substituents is 2. The second-order valence-corrected chi connectivity index (χ2v) is 4.88. The largest absolute Gasteiger partial charge is 0.508 e. The molecule has 0 bridgehead atoms. The van der Waals surface area contributed by atoms with Crippen molar-refractivity contribution in [3.05, 3.63) is 47.5 Å². The number of hydrogen-bond donors (Lipinski definition) is 4. The van der Waals surface area contributed by atoms with E-state index in [1.165, 1.54) is 19.1 Å². The number of carbonyl (C=O) groups is 1. The van der Waals surface area contributed by atoms with Crippen LogP contribution < -0.4 is 10.6 Å². The summed E-state index contributed by atoms with van der Waals surface area (Å²) in [4.78, 5) is 11.1. The zero-order chi connectivity index (χ0) is 15.4. The van der Waals surface area contributed by atoms with Gasteiger partial charge in [-0.25, -0.2) is 0 Å². The molecule has 0 spiro atoms. The summed E-state index contributed by atoms with van der Waals surface area (Å²) < 4.78 is 0. The molecule has 0 fully saturated rings. The van der Waals surface area contributed by atoms with E-state index >= 15 is 0 Å². The van der Waals surface area contributed by atoms with E-state index < -0.39 is 0 Å². The lowest BCUT2D eigenvalue weighted by Gasteiger charge is -2.13. The van der Waals surface area contributed by atoms with Gasteiger partial charge in [0.1, 0.15) is 11.5 Å². The van der Waals surface area contributed by atoms with Crippen molar-refractivity contribution in [2.75, 3.05) is 10.6 Å². The van der Waals surface area contributed by atoms with Crippen molar-refractivity contribution in [2.24, 2.45) is 0 Å². The summed E-state index contributed by atoms with van der Waals surface area (Å²) in [6.45, 7) is 3.83. The Labute approximate surface area is 123 Å². The Morgan fingerprint density at radius 3 is 2.57 bits per heavy atom. The van der Waals surface area contributed by atoms with E-state index in [9.17, 15) is 15.0 Å². The minimum Gasteiger partial charge on any atom is -0.508 e. The van der Waals surface area contributed by atoms with Gasteiger partial charge in [0.25, 0.3) is 0 Å². The Morgan fingerprint density at radius 1 is 1.14 bits per heavy atom. The smallest absolute Gasteiger partial charge is 0.221 e. The highest BCUT2D eigenvalue weighted by molar-refractivity contribution is 5.89. The number of aryl methyl sites for hydroxylation is 1. The maximum Gasteiger partial charge on any atom is 0.221 e. The van der Waals surface area contributed by atoms with Crippen LogP contribution in [-0.2, 0) is 11.3 Å². The molecule has 5 heteroatoms. The molecule has 2 rings (SSSR count). The lowest BCUT2D eigenvalue weighted by Crippen LogP contribution is -2.07. The second kappa shape index (κ2) is 6.17. The number of phenols is 2. The average Bonchev–Trinajstić information content (AvgIpc) is 2.40. The first-order valence-corrected chi connectivity index (χ1v) is 6.58. The van der Waals surface area contributed by atoms with Crippen LogP contribution in [0.3, 0.4) is 0 Å². The standard InChI is InChI=1S/C16H18N2O3/c1-10-3-5-13(18-11(2)19)7-15(10)17-9-12-4-6-14(20)8-16(12)21/h3-8,17,20-21H,9H2,1-2H3,(H,18,19). The van der Waals surface area contributed by atoms with E-state index in [4.69, 9.17) is 0 Å². The average molecular weight is 286 g/mol. The van der Waals surface area contributed by atoms with E-state index in [2.05, 4.69) is 10.6 Å². The summed E-state index contributed by atoms with van der Waals surface area (Å²) in [5, 5.41) is 25.0. The van der Waals surface area contributed by atoms with Crippen molar-refractivity contribution in [3.63, 3.8) is 0 Å². The summed E-state index contributed by atoms with van der Waals surface area (Å²) in [5.41, 5.74) is 3.29. The molecular formula is C16H18N2O3. The summed E-state index contributed by atoms with van der Waals surface area (Å²) in [6.07, 6.45) is 0. The molecule has 4 N–H and O–H groups in total.